The Labute approximate surface area is 216 Å². The first-order valence-corrected chi connectivity index (χ1v) is 11.9. The van der Waals surface area contributed by atoms with Crippen molar-refractivity contribution in [3.8, 4) is 11.5 Å². The second-order valence-electron chi connectivity index (χ2n) is 9.20. The molecule has 10 heteroatoms. The predicted octanol–water partition coefficient (Wildman–Crippen LogP) is 6.48. The minimum Gasteiger partial charge on any atom is -0.497 e. The van der Waals surface area contributed by atoms with E-state index in [-0.39, 0.29) is 17.1 Å². The number of hydrogen-bond acceptors (Lipinski definition) is 5. The quantitative estimate of drug-likeness (QED) is 0.344. The summed E-state index contributed by atoms with van der Waals surface area (Å²) in [5.74, 6) is -0.208. The van der Waals surface area contributed by atoms with E-state index in [1.165, 1.54) is 30.4 Å². The second-order valence-corrected chi connectivity index (χ2v) is 9.64. The molecule has 1 amide bonds. The molecule has 3 aromatic carbocycles. The summed E-state index contributed by atoms with van der Waals surface area (Å²) >= 11 is 6.08. The van der Waals surface area contributed by atoms with Gasteiger partial charge in [0.15, 0.2) is 0 Å². The van der Waals surface area contributed by atoms with Crippen LogP contribution in [-0.4, -0.2) is 32.1 Å². The SMILES string of the molecule is COc1cc(C=N)cc(NC(C(=O)N2CC3(CC3)c3ccc(OC(F)(F)F)cc32)c2ccc(Cl)cc2)c1. The van der Waals surface area contributed by atoms with Crippen molar-refractivity contribution in [3.05, 3.63) is 82.4 Å². The van der Waals surface area contributed by atoms with Crippen molar-refractivity contribution in [2.24, 2.45) is 0 Å². The molecule has 3 aromatic rings. The monoisotopic (exact) mass is 529 g/mol. The Morgan fingerprint density at radius 2 is 1.84 bits per heavy atom. The Kier molecular flexibility index (Phi) is 6.27. The molecule has 1 fully saturated rings. The average Bonchev–Trinajstić information content (AvgIpc) is 3.58. The van der Waals surface area contributed by atoms with E-state index in [0.29, 0.717) is 39.8 Å². The molecule has 0 bridgehead atoms. The Balaban J connectivity index is 1.54. The minimum atomic E-state index is -4.84. The Hall–Kier alpha value is -3.72. The number of carbonyl (C=O) groups excluding carboxylic acids is 1. The van der Waals surface area contributed by atoms with E-state index in [4.69, 9.17) is 21.7 Å². The molecule has 0 saturated heterocycles. The van der Waals surface area contributed by atoms with E-state index in [1.54, 1.807) is 48.5 Å². The van der Waals surface area contributed by atoms with Crippen LogP contribution in [0, 0.1) is 5.41 Å². The van der Waals surface area contributed by atoms with Crippen molar-refractivity contribution >= 4 is 35.1 Å². The molecule has 0 aromatic heterocycles. The van der Waals surface area contributed by atoms with Crippen LogP contribution in [0.2, 0.25) is 5.02 Å². The lowest BCUT2D eigenvalue weighted by Crippen LogP contribution is -2.38. The van der Waals surface area contributed by atoms with Gasteiger partial charge >= 0.3 is 6.36 Å². The molecule has 1 unspecified atom stereocenters. The topological polar surface area (TPSA) is 74.7 Å². The lowest BCUT2D eigenvalue weighted by molar-refractivity contribution is -0.274. The lowest BCUT2D eigenvalue weighted by atomic mass is 9.99. The van der Waals surface area contributed by atoms with E-state index in [2.05, 4.69) is 10.1 Å². The van der Waals surface area contributed by atoms with E-state index in [9.17, 15) is 18.0 Å². The molecular formula is C27H23ClF3N3O3. The first-order chi connectivity index (χ1) is 17.6. The van der Waals surface area contributed by atoms with Gasteiger partial charge in [-0.2, -0.15) is 0 Å². The smallest absolute Gasteiger partial charge is 0.497 e. The zero-order valence-electron chi connectivity index (χ0n) is 19.7. The fourth-order valence-corrected chi connectivity index (χ4v) is 4.93. The van der Waals surface area contributed by atoms with Gasteiger partial charge in [-0.05, 0) is 59.9 Å². The summed E-state index contributed by atoms with van der Waals surface area (Å²) in [5.41, 5.74) is 2.74. The third kappa shape index (κ3) is 5.09. The van der Waals surface area contributed by atoms with Gasteiger partial charge < -0.3 is 25.1 Å². The molecule has 1 heterocycles. The third-order valence-corrected chi connectivity index (χ3v) is 6.99. The number of methoxy groups -OCH3 is 1. The zero-order valence-corrected chi connectivity index (χ0v) is 20.5. The van der Waals surface area contributed by atoms with Crippen molar-refractivity contribution in [1.82, 2.24) is 0 Å². The van der Waals surface area contributed by atoms with Crippen LogP contribution in [0.5, 0.6) is 11.5 Å². The molecule has 0 radical (unpaired) electrons. The van der Waals surface area contributed by atoms with Gasteiger partial charge in [-0.3, -0.25) is 4.79 Å². The van der Waals surface area contributed by atoms with Gasteiger partial charge in [-0.15, -0.1) is 13.2 Å². The van der Waals surface area contributed by atoms with Gasteiger partial charge in [0, 0.05) is 41.0 Å². The van der Waals surface area contributed by atoms with Crippen LogP contribution in [0.4, 0.5) is 24.5 Å². The summed E-state index contributed by atoms with van der Waals surface area (Å²) in [6.45, 7) is 0.367. The summed E-state index contributed by atoms with van der Waals surface area (Å²) in [7, 11) is 1.51. The molecule has 6 nitrogen and oxygen atoms in total. The number of nitrogens with one attached hydrogen (secondary N) is 2. The molecule has 192 valence electrons. The fourth-order valence-electron chi connectivity index (χ4n) is 4.80. The number of amides is 1. The number of halogens is 4. The second kappa shape index (κ2) is 9.30. The van der Waals surface area contributed by atoms with Gasteiger partial charge in [-0.1, -0.05) is 29.8 Å². The predicted molar refractivity (Wildman–Crippen MR) is 135 cm³/mol. The van der Waals surface area contributed by atoms with Gasteiger partial charge in [0.1, 0.15) is 17.5 Å². The number of nitrogens with zero attached hydrogens (tertiary/aromatic N) is 1. The molecule has 1 saturated carbocycles. The maximum Gasteiger partial charge on any atom is 0.573 e. The van der Waals surface area contributed by atoms with Crippen LogP contribution in [-0.2, 0) is 10.2 Å². The highest BCUT2D eigenvalue weighted by Crippen LogP contribution is 2.57. The Bertz CT molecular complexity index is 1360. The number of ether oxygens (including phenoxy) is 2. The maximum absolute atomic E-state index is 14.1. The van der Waals surface area contributed by atoms with E-state index in [1.807, 2.05) is 0 Å². The number of carbonyl (C=O) groups is 1. The van der Waals surface area contributed by atoms with Crippen LogP contribution in [0.25, 0.3) is 0 Å². The summed E-state index contributed by atoms with van der Waals surface area (Å²) in [5, 5.41) is 11.4. The van der Waals surface area contributed by atoms with E-state index >= 15 is 0 Å². The van der Waals surface area contributed by atoms with Gasteiger partial charge in [0.05, 0.1) is 12.8 Å². The number of benzene rings is 3. The van der Waals surface area contributed by atoms with Gasteiger partial charge in [0.2, 0.25) is 0 Å². The van der Waals surface area contributed by atoms with Crippen molar-refractivity contribution in [2.75, 3.05) is 23.9 Å². The highest BCUT2D eigenvalue weighted by molar-refractivity contribution is 6.30. The maximum atomic E-state index is 14.1. The highest BCUT2D eigenvalue weighted by Gasteiger charge is 2.54. The first-order valence-electron chi connectivity index (χ1n) is 11.5. The zero-order chi connectivity index (χ0) is 26.4. The third-order valence-electron chi connectivity index (χ3n) is 6.74. The molecule has 1 aliphatic carbocycles. The summed E-state index contributed by atoms with van der Waals surface area (Å²) in [6, 6.07) is 15.2. The van der Waals surface area contributed by atoms with Crippen molar-refractivity contribution in [3.63, 3.8) is 0 Å². The van der Waals surface area contributed by atoms with Gasteiger partial charge in [0.25, 0.3) is 5.91 Å². The summed E-state index contributed by atoms with van der Waals surface area (Å²) in [6.07, 6.45) is -1.98. The average molecular weight is 530 g/mol. The van der Waals surface area contributed by atoms with Crippen LogP contribution in [0.15, 0.2) is 60.7 Å². The van der Waals surface area contributed by atoms with Crippen LogP contribution in [0.1, 0.15) is 35.6 Å². The van der Waals surface area contributed by atoms with Crippen molar-refractivity contribution < 1.29 is 27.4 Å². The summed E-state index contributed by atoms with van der Waals surface area (Å²) < 4.78 is 48.2. The number of anilines is 2. The van der Waals surface area contributed by atoms with E-state index in [0.717, 1.165) is 18.4 Å². The molecule has 1 aliphatic heterocycles. The molecule has 5 rings (SSSR count). The summed E-state index contributed by atoms with van der Waals surface area (Å²) in [4.78, 5) is 15.6. The van der Waals surface area contributed by atoms with E-state index < -0.39 is 12.4 Å². The first kappa shape index (κ1) is 25.0. The van der Waals surface area contributed by atoms with Crippen LogP contribution < -0.4 is 19.7 Å². The number of fused-ring (bicyclic) bond motifs is 2. The number of rotatable bonds is 7. The van der Waals surface area contributed by atoms with Crippen molar-refractivity contribution in [2.45, 2.75) is 30.7 Å². The Morgan fingerprint density at radius 3 is 2.46 bits per heavy atom. The number of hydrogen-bond donors (Lipinski definition) is 2. The standard InChI is InChI=1S/C27H23ClF3N3O3/c1-36-21-11-16(14-32)10-19(12-21)33-24(17-2-4-18(28)5-3-17)25(35)34-15-26(8-9-26)22-7-6-20(13-23(22)34)37-27(29,30)31/h2-7,10-14,24,32-33H,8-9,15H2,1H3. The highest BCUT2D eigenvalue weighted by atomic mass is 35.5. The molecule has 1 spiro atoms. The van der Waals surface area contributed by atoms with Crippen LogP contribution in [0.3, 0.4) is 0 Å². The molecule has 2 N–H and O–H groups in total. The molecule has 2 aliphatic rings. The van der Waals surface area contributed by atoms with Crippen LogP contribution >= 0.6 is 11.6 Å². The molecular weight excluding hydrogens is 507 g/mol. The molecule has 37 heavy (non-hydrogen) atoms. The molecule has 1 atom stereocenters. The fraction of sp³-hybridized carbons (Fsp3) is 0.259. The van der Waals surface area contributed by atoms with Crippen molar-refractivity contribution in [1.29, 1.82) is 5.41 Å². The van der Waals surface area contributed by atoms with Gasteiger partial charge in [-0.25, -0.2) is 0 Å². The normalized spacial score (nSPS) is 16.2. The minimum absolute atomic E-state index is 0.254. The Morgan fingerprint density at radius 1 is 1.11 bits per heavy atom. The number of alkyl halides is 3. The largest absolute Gasteiger partial charge is 0.573 e. The lowest BCUT2D eigenvalue weighted by Gasteiger charge is -2.27.